The van der Waals surface area contributed by atoms with E-state index in [2.05, 4.69) is 30.9 Å². The number of hydrogen-bond donors (Lipinski definition) is 2. The van der Waals surface area contributed by atoms with Crippen molar-refractivity contribution in [3.8, 4) is 23.0 Å². The molecule has 73 heavy (non-hydrogen) atoms. The van der Waals surface area contributed by atoms with E-state index in [4.69, 9.17) is 38.4 Å². The molecule has 0 spiro atoms. The highest BCUT2D eigenvalue weighted by Gasteiger charge is 2.66. The minimum atomic E-state index is -1.55. The van der Waals surface area contributed by atoms with Gasteiger partial charge in [-0.1, -0.05) is 103 Å². The Kier molecular flexibility index (Phi) is 17.7. The number of aliphatic hydroxyl groups is 2. The van der Waals surface area contributed by atoms with E-state index in [9.17, 15) is 15.0 Å². The Bertz CT molecular complexity index is 2730. The van der Waals surface area contributed by atoms with Crippen LogP contribution >= 0.6 is 0 Å². The van der Waals surface area contributed by atoms with Crippen molar-refractivity contribution >= 4 is 28.9 Å². The van der Waals surface area contributed by atoms with Crippen LogP contribution in [0.4, 0.5) is 4.79 Å². The predicted octanol–water partition coefficient (Wildman–Crippen LogP) is 11.7. The predicted molar refractivity (Wildman–Crippen MR) is 281 cm³/mol. The van der Waals surface area contributed by atoms with Gasteiger partial charge in [-0.2, -0.15) is 0 Å². The van der Waals surface area contributed by atoms with Crippen molar-refractivity contribution in [2.45, 2.75) is 102 Å². The molecular weight excluding hydrogens is 925 g/mol. The van der Waals surface area contributed by atoms with Crippen LogP contribution in [0.15, 0.2) is 139 Å². The van der Waals surface area contributed by atoms with Gasteiger partial charge >= 0.3 is 6.09 Å². The van der Waals surface area contributed by atoms with Gasteiger partial charge in [0.1, 0.15) is 41.2 Å². The van der Waals surface area contributed by atoms with Gasteiger partial charge in [0.05, 0.1) is 50.7 Å². The highest BCUT2D eigenvalue weighted by Crippen LogP contribution is 2.62. The molecule has 1 fully saturated rings. The van der Waals surface area contributed by atoms with Crippen LogP contribution in [0.5, 0.6) is 23.0 Å². The van der Waals surface area contributed by atoms with E-state index < -0.39 is 29.4 Å². The van der Waals surface area contributed by atoms with E-state index >= 15 is 4.79 Å². The molecule has 1 amide bonds. The number of carbonyl (C=O) groups is 2. The van der Waals surface area contributed by atoms with Gasteiger partial charge in [-0.05, 0) is 122 Å². The van der Waals surface area contributed by atoms with Crippen LogP contribution in [0.1, 0.15) is 98.7 Å². The standard InChI is InChI=1S/C60H70N2O11/c1-6-31-70-60-55(62(38-44-22-16-21-42-19-10-11-23-48(42)44)58(66)69-33-32-68-40-41-17-8-7-9-18-41)37-52(61-73-59(2,3)4)50-35-43(20-12-14-29-63)49(24-13-15-30-64)56(57(50)60)51-36-47(26-28-54(51)72-60)71-46-25-27-53(67-5)45(34-46)39-65/h6-11,16-19,21-23,25-28,34-36,39,43,49,55-57,63-64H,1,12-15,20,24,29-33,37-38,40H2,2-5H3/t43-,49+,55-,56+,57+,60+/m0/s1. The molecular formula is C60H70N2O11. The molecule has 0 unspecified atom stereocenters. The average molecular weight is 995 g/mol. The first kappa shape index (κ1) is 52.8. The van der Waals surface area contributed by atoms with Gasteiger partial charge in [-0.25, -0.2) is 4.79 Å². The second-order valence-electron chi connectivity index (χ2n) is 20.0. The maximum Gasteiger partial charge on any atom is 0.410 e. The molecule has 3 aliphatic rings. The van der Waals surface area contributed by atoms with Crippen LogP contribution in [0.2, 0.25) is 0 Å². The van der Waals surface area contributed by atoms with Crippen LogP contribution in [0.25, 0.3) is 10.8 Å². The fourth-order valence-corrected chi connectivity index (χ4v) is 10.9. The van der Waals surface area contributed by atoms with Crippen LogP contribution < -0.4 is 14.2 Å². The molecule has 6 atom stereocenters. The second-order valence-corrected chi connectivity index (χ2v) is 20.0. The van der Waals surface area contributed by atoms with E-state index in [1.165, 1.54) is 7.11 Å². The second kappa shape index (κ2) is 24.5. The molecule has 1 saturated carbocycles. The molecule has 5 aromatic carbocycles. The van der Waals surface area contributed by atoms with Crippen molar-refractivity contribution in [3.05, 3.63) is 156 Å². The number of carbonyl (C=O) groups excluding carboxylic acids is 2. The fraction of sp³-hybridized carbons (Fsp3) is 0.417. The number of amides is 1. The number of methoxy groups -OCH3 is 1. The first-order chi connectivity index (χ1) is 35.5. The summed E-state index contributed by atoms with van der Waals surface area (Å²) < 4.78 is 39.0. The minimum absolute atomic E-state index is 0.00627. The Morgan fingerprint density at radius 2 is 1.63 bits per heavy atom. The lowest BCUT2D eigenvalue weighted by Gasteiger charge is -2.60. The van der Waals surface area contributed by atoms with E-state index in [-0.39, 0.29) is 63.8 Å². The van der Waals surface area contributed by atoms with E-state index in [0.29, 0.717) is 53.7 Å². The normalized spacial score (nSPS) is 21.5. The monoisotopic (exact) mass is 994 g/mol. The average Bonchev–Trinajstić information content (AvgIpc) is 3.40. The van der Waals surface area contributed by atoms with Crippen molar-refractivity contribution < 1.29 is 53.1 Å². The summed E-state index contributed by atoms with van der Waals surface area (Å²) in [5, 5.41) is 27.2. The number of unbranched alkanes of at least 4 members (excludes halogenated alkanes) is 2. The zero-order valence-electron chi connectivity index (χ0n) is 42.6. The van der Waals surface area contributed by atoms with E-state index in [1.807, 2.05) is 93.6 Å². The third-order valence-electron chi connectivity index (χ3n) is 14.0. The molecule has 2 N–H and O–H groups in total. The van der Waals surface area contributed by atoms with Gasteiger partial charge in [0.25, 0.3) is 0 Å². The Morgan fingerprint density at radius 1 is 0.890 bits per heavy atom. The Hall–Kier alpha value is -6.51. The number of allylic oxidation sites excluding steroid dienone is 1. The summed E-state index contributed by atoms with van der Waals surface area (Å²) >= 11 is 0. The summed E-state index contributed by atoms with van der Waals surface area (Å²) in [4.78, 5) is 35.5. The molecule has 0 saturated heterocycles. The summed E-state index contributed by atoms with van der Waals surface area (Å²) in [5.41, 5.74) is 4.05. The van der Waals surface area contributed by atoms with Crippen LogP contribution in [0, 0.1) is 17.8 Å². The molecule has 0 radical (unpaired) electrons. The molecule has 13 nitrogen and oxygen atoms in total. The zero-order valence-corrected chi connectivity index (χ0v) is 42.6. The topological polar surface area (TPSA) is 155 Å². The highest BCUT2D eigenvalue weighted by molar-refractivity contribution is 6.03. The van der Waals surface area contributed by atoms with Crippen molar-refractivity contribution in [3.63, 3.8) is 0 Å². The quantitative estimate of drug-likeness (QED) is 0.0263. The maximum atomic E-state index is 15.3. The largest absolute Gasteiger partial charge is 0.496 e. The number of oxime groups is 1. The molecule has 386 valence electrons. The van der Waals surface area contributed by atoms with Gasteiger partial charge in [0.15, 0.2) is 6.29 Å². The van der Waals surface area contributed by atoms with Gasteiger partial charge in [-0.3, -0.25) is 9.69 Å². The number of rotatable bonds is 24. The van der Waals surface area contributed by atoms with E-state index in [0.717, 1.165) is 65.0 Å². The van der Waals surface area contributed by atoms with Crippen LogP contribution in [-0.2, 0) is 32.2 Å². The Labute approximate surface area is 429 Å². The molecule has 8 rings (SSSR count). The lowest BCUT2D eigenvalue weighted by molar-refractivity contribution is -0.256. The first-order valence-electron chi connectivity index (χ1n) is 25.6. The number of ether oxygens (including phenoxy) is 6. The maximum absolute atomic E-state index is 15.3. The van der Waals surface area contributed by atoms with Gasteiger partial charge in [-0.15, -0.1) is 6.58 Å². The SMILES string of the molecule is C=CCO[C@@]12Oc3ccc(Oc4ccc(OC)c(C=O)c4)cc3[C@H]3[C@H](CCCCO)[C@@H](CCCCO)C=C(C(=NOC(C)(C)C)C[C@@H]1N(Cc1cccc4ccccc14)C(=O)OCCOCc1ccccc1)[C@H]32. The summed E-state index contributed by atoms with van der Waals surface area (Å²) in [5.74, 6) is -0.491. The van der Waals surface area contributed by atoms with Gasteiger partial charge in [0, 0.05) is 31.1 Å². The van der Waals surface area contributed by atoms with Crippen molar-refractivity contribution in [1.82, 2.24) is 4.90 Å². The number of nitrogens with zero attached hydrogens (tertiary/aromatic N) is 2. The molecule has 5 aromatic rings. The van der Waals surface area contributed by atoms with Crippen LogP contribution in [0.3, 0.4) is 0 Å². The zero-order chi connectivity index (χ0) is 51.4. The molecule has 1 heterocycles. The summed E-state index contributed by atoms with van der Waals surface area (Å²) in [7, 11) is 1.52. The van der Waals surface area contributed by atoms with Crippen molar-refractivity contribution in [2.24, 2.45) is 22.9 Å². The summed E-state index contributed by atoms with van der Waals surface area (Å²) in [6, 6.07) is 34.1. The lowest BCUT2D eigenvalue weighted by atomic mass is 9.55. The van der Waals surface area contributed by atoms with Crippen molar-refractivity contribution in [1.29, 1.82) is 0 Å². The molecule has 13 heteroatoms. The Balaban J connectivity index is 1.31. The number of hydrogen-bond acceptors (Lipinski definition) is 12. The summed E-state index contributed by atoms with van der Waals surface area (Å²) in [6.07, 6.45) is 8.68. The molecule has 2 aliphatic carbocycles. The number of aliphatic hydroxyl groups excluding tert-OH is 2. The fourth-order valence-electron chi connectivity index (χ4n) is 10.9. The van der Waals surface area contributed by atoms with Gasteiger partial charge in [0.2, 0.25) is 5.79 Å². The minimum Gasteiger partial charge on any atom is -0.496 e. The van der Waals surface area contributed by atoms with Crippen LogP contribution in [-0.4, -0.2) is 90.8 Å². The highest BCUT2D eigenvalue weighted by atomic mass is 16.7. The first-order valence-corrected chi connectivity index (χ1v) is 25.6. The summed E-state index contributed by atoms with van der Waals surface area (Å²) in [6.45, 7) is 10.8. The van der Waals surface area contributed by atoms with Crippen molar-refractivity contribution in [2.75, 3.05) is 40.1 Å². The van der Waals surface area contributed by atoms with Gasteiger partial charge < -0.3 is 43.5 Å². The number of aldehydes is 1. The molecule has 1 aliphatic heterocycles. The number of fused-ring (bicyclic) bond motifs is 3. The smallest absolute Gasteiger partial charge is 0.410 e. The van der Waals surface area contributed by atoms with E-state index in [1.54, 1.807) is 29.2 Å². The molecule has 0 bridgehead atoms. The third kappa shape index (κ3) is 12.3. The lowest BCUT2D eigenvalue weighted by Crippen LogP contribution is -2.70. The molecule has 0 aromatic heterocycles. The Morgan fingerprint density at radius 3 is 2.38 bits per heavy atom. The third-order valence-corrected chi connectivity index (χ3v) is 14.0. The number of benzene rings is 5.